The Labute approximate surface area is 202 Å². The zero-order valence-corrected chi connectivity index (χ0v) is 19.7. The highest BCUT2D eigenvalue weighted by Gasteiger charge is 2.30. The number of ether oxygens (including phenoxy) is 1. The van der Waals surface area contributed by atoms with Crippen molar-refractivity contribution in [2.75, 3.05) is 26.2 Å². The molecule has 1 saturated heterocycles. The lowest BCUT2D eigenvalue weighted by Crippen LogP contribution is -2.51. The van der Waals surface area contributed by atoms with Gasteiger partial charge in [-0.25, -0.2) is 8.42 Å². The summed E-state index contributed by atoms with van der Waals surface area (Å²) in [4.78, 5) is 15.8. The summed E-state index contributed by atoms with van der Waals surface area (Å²) < 4.78 is 33.3. The van der Waals surface area contributed by atoms with Crippen molar-refractivity contribution >= 4 is 26.7 Å². The van der Waals surface area contributed by atoms with Gasteiger partial charge in [0.05, 0.1) is 4.90 Å². The second-order valence-electron chi connectivity index (χ2n) is 8.13. The fourth-order valence-corrected chi connectivity index (χ4v) is 5.40. The van der Waals surface area contributed by atoms with Gasteiger partial charge in [0, 0.05) is 26.2 Å². The highest BCUT2D eigenvalue weighted by Crippen LogP contribution is 2.23. The third kappa shape index (κ3) is 5.15. The smallest absolute Gasteiger partial charge is 0.246 e. The van der Waals surface area contributed by atoms with Gasteiger partial charge in [-0.3, -0.25) is 4.79 Å². The van der Waals surface area contributed by atoms with E-state index in [0.29, 0.717) is 24.7 Å². The quantitative estimate of drug-likeness (QED) is 0.388. The molecule has 5 rings (SSSR count). The number of tetrazole rings is 1. The monoisotopic (exact) mass is 492 g/mol. The lowest BCUT2D eigenvalue weighted by Gasteiger charge is -2.33. The molecule has 0 radical (unpaired) electrons. The van der Waals surface area contributed by atoms with Crippen LogP contribution < -0.4 is 4.74 Å². The summed E-state index contributed by atoms with van der Waals surface area (Å²) in [6.07, 6.45) is 0. The molecule has 35 heavy (non-hydrogen) atoms. The molecule has 10 nitrogen and oxygen atoms in total. The number of amides is 1. The zero-order chi connectivity index (χ0) is 24.3. The molecule has 1 aliphatic heterocycles. The van der Waals surface area contributed by atoms with E-state index in [0.717, 1.165) is 10.8 Å². The first kappa shape index (κ1) is 22.9. The van der Waals surface area contributed by atoms with Gasteiger partial charge in [-0.1, -0.05) is 48.5 Å². The number of hydrogen-bond donors (Lipinski definition) is 0. The number of benzene rings is 3. The third-order valence-corrected chi connectivity index (χ3v) is 7.73. The van der Waals surface area contributed by atoms with E-state index in [4.69, 9.17) is 4.74 Å². The van der Waals surface area contributed by atoms with Crippen LogP contribution in [-0.4, -0.2) is 69.9 Å². The first-order valence-electron chi connectivity index (χ1n) is 11.2. The Morgan fingerprint density at radius 3 is 2.37 bits per heavy atom. The maximum absolute atomic E-state index is 13.1. The van der Waals surface area contributed by atoms with Gasteiger partial charge in [-0.15, -0.1) is 10.2 Å². The molecule has 0 unspecified atom stereocenters. The summed E-state index contributed by atoms with van der Waals surface area (Å²) in [5.41, 5.74) is 0. The van der Waals surface area contributed by atoms with Crippen molar-refractivity contribution < 1.29 is 17.9 Å². The van der Waals surface area contributed by atoms with Crippen LogP contribution in [0.25, 0.3) is 10.8 Å². The maximum atomic E-state index is 13.1. The van der Waals surface area contributed by atoms with Crippen molar-refractivity contribution in [1.29, 1.82) is 0 Å². The van der Waals surface area contributed by atoms with Crippen LogP contribution in [-0.2, 0) is 28.0 Å². The highest BCUT2D eigenvalue weighted by molar-refractivity contribution is 7.89. The van der Waals surface area contributed by atoms with E-state index in [9.17, 15) is 13.2 Å². The predicted molar refractivity (Wildman–Crippen MR) is 128 cm³/mol. The lowest BCUT2D eigenvalue weighted by molar-refractivity contribution is -0.133. The molecule has 11 heteroatoms. The van der Waals surface area contributed by atoms with Crippen LogP contribution in [0.4, 0.5) is 0 Å². The largest absolute Gasteiger partial charge is 0.485 e. The van der Waals surface area contributed by atoms with E-state index >= 15 is 0 Å². The molecule has 1 aliphatic rings. The summed E-state index contributed by atoms with van der Waals surface area (Å²) in [5, 5.41) is 13.9. The van der Waals surface area contributed by atoms with Gasteiger partial charge in [-0.05, 0) is 40.3 Å². The minimum Gasteiger partial charge on any atom is -0.485 e. The first-order valence-corrected chi connectivity index (χ1v) is 12.6. The van der Waals surface area contributed by atoms with E-state index < -0.39 is 10.0 Å². The molecule has 1 fully saturated rings. The van der Waals surface area contributed by atoms with Crippen LogP contribution in [0, 0.1) is 0 Å². The average molecular weight is 493 g/mol. The second kappa shape index (κ2) is 9.80. The van der Waals surface area contributed by atoms with Gasteiger partial charge >= 0.3 is 0 Å². The Bertz CT molecular complexity index is 1430. The summed E-state index contributed by atoms with van der Waals surface area (Å²) in [6.45, 7) is 1.11. The maximum Gasteiger partial charge on any atom is 0.246 e. The Morgan fingerprint density at radius 1 is 0.886 bits per heavy atom. The van der Waals surface area contributed by atoms with Crippen molar-refractivity contribution in [1.82, 2.24) is 29.4 Å². The van der Waals surface area contributed by atoms with Gasteiger partial charge in [0.25, 0.3) is 0 Å². The fraction of sp³-hybridized carbons (Fsp3) is 0.250. The van der Waals surface area contributed by atoms with Crippen LogP contribution in [0.1, 0.15) is 5.82 Å². The van der Waals surface area contributed by atoms with Gasteiger partial charge in [-0.2, -0.15) is 9.10 Å². The zero-order valence-electron chi connectivity index (χ0n) is 18.9. The number of hydrogen-bond acceptors (Lipinski definition) is 7. The molecular formula is C24H24N6O4S. The second-order valence-corrected chi connectivity index (χ2v) is 10.1. The van der Waals surface area contributed by atoms with Crippen LogP contribution in [0.2, 0.25) is 0 Å². The predicted octanol–water partition coefficient (Wildman–Crippen LogP) is 1.94. The Hall–Kier alpha value is -3.83. The minimum absolute atomic E-state index is 0.0736. The highest BCUT2D eigenvalue weighted by atomic mass is 32.2. The topological polar surface area (TPSA) is 111 Å². The van der Waals surface area contributed by atoms with Crippen molar-refractivity contribution in [2.45, 2.75) is 18.0 Å². The Balaban J connectivity index is 1.16. The number of aromatic nitrogens is 4. The Kier molecular flexibility index (Phi) is 6.43. The Morgan fingerprint density at radius 2 is 1.60 bits per heavy atom. The van der Waals surface area contributed by atoms with E-state index in [1.54, 1.807) is 17.0 Å². The van der Waals surface area contributed by atoms with Crippen molar-refractivity contribution in [3.8, 4) is 5.75 Å². The third-order valence-electron chi connectivity index (χ3n) is 5.83. The van der Waals surface area contributed by atoms with E-state index in [1.165, 1.54) is 9.10 Å². The normalized spacial score (nSPS) is 14.8. The number of fused-ring (bicyclic) bond motifs is 1. The molecule has 0 saturated carbocycles. The summed E-state index contributed by atoms with van der Waals surface area (Å²) >= 11 is 0. The molecule has 1 aromatic heterocycles. The summed E-state index contributed by atoms with van der Waals surface area (Å²) in [6, 6.07) is 22.0. The van der Waals surface area contributed by atoms with Crippen LogP contribution in [0.15, 0.2) is 77.7 Å². The van der Waals surface area contributed by atoms with Crippen LogP contribution in [0.3, 0.4) is 0 Å². The molecule has 3 aromatic carbocycles. The van der Waals surface area contributed by atoms with E-state index in [2.05, 4.69) is 15.4 Å². The average Bonchev–Trinajstić information content (AvgIpc) is 3.35. The molecule has 0 aliphatic carbocycles. The number of nitrogens with zero attached hydrogens (tertiary/aromatic N) is 6. The molecule has 0 spiro atoms. The number of para-hydroxylation sites is 1. The molecule has 0 atom stereocenters. The van der Waals surface area contributed by atoms with Gasteiger partial charge in [0.15, 0.2) is 6.61 Å². The fourth-order valence-electron chi connectivity index (χ4n) is 3.94. The van der Waals surface area contributed by atoms with Gasteiger partial charge in [0.1, 0.15) is 12.3 Å². The molecule has 0 N–H and O–H groups in total. The molecule has 0 bridgehead atoms. The van der Waals surface area contributed by atoms with Crippen molar-refractivity contribution in [3.05, 3.63) is 78.6 Å². The van der Waals surface area contributed by atoms with Crippen molar-refractivity contribution in [3.63, 3.8) is 0 Å². The standard InChI is InChI=1S/C24H24N6O4S/c31-24(17-30-26-23(25-27-30)18-34-21-8-2-1-3-9-21)28-12-14-29(15-13-28)35(32,33)22-11-10-19-6-4-5-7-20(19)16-22/h1-11,16H,12-15,17-18H2. The number of rotatable bonds is 7. The van der Waals surface area contributed by atoms with Crippen molar-refractivity contribution in [2.24, 2.45) is 0 Å². The van der Waals surface area contributed by atoms with Crippen LogP contribution in [0.5, 0.6) is 5.75 Å². The van der Waals surface area contributed by atoms with E-state index in [-0.39, 0.29) is 37.0 Å². The molecule has 1 amide bonds. The minimum atomic E-state index is -3.65. The first-order chi connectivity index (χ1) is 17.0. The molecular weight excluding hydrogens is 468 g/mol. The number of piperazine rings is 1. The summed E-state index contributed by atoms with van der Waals surface area (Å²) in [7, 11) is -3.65. The van der Waals surface area contributed by atoms with Crippen LogP contribution >= 0.6 is 0 Å². The number of carbonyl (C=O) groups is 1. The molecule has 4 aromatic rings. The van der Waals surface area contributed by atoms with Gasteiger partial charge < -0.3 is 9.64 Å². The molecule has 180 valence electrons. The summed E-state index contributed by atoms with van der Waals surface area (Å²) in [5.74, 6) is 0.866. The SMILES string of the molecule is O=C(Cn1nnc(COc2ccccc2)n1)N1CCN(S(=O)(=O)c2ccc3ccccc3c2)CC1. The number of sulfonamides is 1. The molecule has 2 heterocycles. The van der Waals surface area contributed by atoms with E-state index in [1.807, 2.05) is 60.7 Å². The van der Waals surface area contributed by atoms with Gasteiger partial charge in [0.2, 0.25) is 21.8 Å². The lowest BCUT2D eigenvalue weighted by atomic mass is 10.1. The number of carbonyl (C=O) groups excluding carboxylic acids is 1.